The van der Waals surface area contributed by atoms with Gasteiger partial charge in [0.05, 0.1) is 10.8 Å². The van der Waals surface area contributed by atoms with Crippen molar-refractivity contribution in [1.29, 1.82) is 0 Å². The number of piperidine rings is 1. The maximum Gasteiger partial charge on any atom is 0.280 e. The van der Waals surface area contributed by atoms with Gasteiger partial charge in [-0.15, -0.1) is 5.10 Å². The van der Waals surface area contributed by atoms with Crippen molar-refractivity contribution in [2.75, 3.05) is 18.0 Å². The van der Waals surface area contributed by atoms with Crippen LogP contribution in [-0.4, -0.2) is 76.0 Å². The van der Waals surface area contributed by atoms with E-state index in [9.17, 15) is 13.6 Å². The maximum atomic E-state index is 13.0. The van der Waals surface area contributed by atoms with Gasteiger partial charge in [0.15, 0.2) is 23.0 Å². The Labute approximate surface area is 210 Å². The highest BCUT2D eigenvalue weighted by atomic mass is 19.3. The van der Waals surface area contributed by atoms with Crippen molar-refractivity contribution in [3.8, 4) is 17.2 Å². The van der Waals surface area contributed by atoms with E-state index in [-0.39, 0.29) is 11.8 Å². The number of halogens is 2. The lowest BCUT2D eigenvalue weighted by atomic mass is 9.41. The van der Waals surface area contributed by atoms with Gasteiger partial charge in [0.25, 0.3) is 12.0 Å². The SMILES string of the molecule is BC1(B)Oc2ccc(OC3CCN(c4nn5c(=O)cc(C(F)F)nc5cc4C)CC3)cc2OC1(B)B. The van der Waals surface area contributed by atoms with Crippen molar-refractivity contribution in [1.82, 2.24) is 14.6 Å². The first-order chi connectivity index (χ1) is 16.9. The molecular formula is C22H26B4F2N4O4. The summed E-state index contributed by atoms with van der Waals surface area (Å²) in [7, 11) is 8.02. The molecule has 14 heteroatoms. The molecular weight excluding hydrogens is 466 g/mol. The molecule has 0 atom stereocenters. The van der Waals surface area contributed by atoms with E-state index >= 15 is 0 Å². The van der Waals surface area contributed by atoms with E-state index < -0.39 is 28.5 Å². The molecule has 1 saturated heterocycles. The molecule has 36 heavy (non-hydrogen) atoms. The summed E-state index contributed by atoms with van der Waals surface area (Å²) in [6.45, 7) is 3.18. The molecule has 0 unspecified atom stereocenters. The summed E-state index contributed by atoms with van der Waals surface area (Å²) >= 11 is 0. The second-order valence-corrected chi connectivity index (χ2v) is 10.4. The first kappa shape index (κ1) is 24.5. The van der Waals surface area contributed by atoms with Crippen LogP contribution in [0.4, 0.5) is 14.6 Å². The molecule has 5 rings (SSSR count). The van der Waals surface area contributed by atoms with Gasteiger partial charge in [0.1, 0.15) is 48.9 Å². The second-order valence-electron chi connectivity index (χ2n) is 10.4. The van der Waals surface area contributed by atoms with Gasteiger partial charge in [-0.2, -0.15) is 4.52 Å². The monoisotopic (exact) mass is 492 g/mol. The number of anilines is 1. The minimum atomic E-state index is -2.81. The van der Waals surface area contributed by atoms with E-state index in [2.05, 4.69) is 15.0 Å². The molecule has 3 aromatic rings. The Balaban J connectivity index is 1.28. The molecule has 1 aromatic carbocycles. The average Bonchev–Trinajstić information content (AvgIpc) is 2.80. The summed E-state index contributed by atoms with van der Waals surface area (Å²) < 4.78 is 45.8. The Kier molecular flexibility index (Phi) is 5.95. The maximum absolute atomic E-state index is 13.0. The number of benzene rings is 1. The van der Waals surface area contributed by atoms with Crippen LogP contribution in [0.15, 0.2) is 35.1 Å². The smallest absolute Gasteiger partial charge is 0.280 e. The van der Waals surface area contributed by atoms with Crippen molar-refractivity contribution in [3.05, 3.63) is 51.9 Å². The normalized spacial score (nSPS) is 18.9. The molecule has 2 aliphatic rings. The number of aromatic nitrogens is 3. The number of fused-ring (bicyclic) bond motifs is 2. The molecule has 8 nitrogen and oxygen atoms in total. The fourth-order valence-corrected chi connectivity index (χ4v) is 4.46. The van der Waals surface area contributed by atoms with Crippen LogP contribution in [0.25, 0.3) is 5.65 Å². The third-order valence-corrected chi connectivity index (χ3v) is 7.20. The molecule has 2 aromatic heterocycles. The summed E-state index contributed by atoms with van der Waals surface area (Å²) in [5.41, 5.74) is -0.286. The number of alkyl halides is 2. The largest absolute Gasteiger partial charge is 0.499 e. The molecule has 2 aliphatic heterocycles. The fraction of sp³-hybridized carbons (Fsp3) is 0.409. The van der Waals surface area contributed by atoms with E-state index in [4.69, 9.17) is 14.2 Å². The molecule has 0 amide bonds. The zero-order chi connectivity index (χ0) is 25.8. The van der Waals surface area contributed by atoms with Gasteiger partial charge >= 0.3 is 0 Å². The van der Waals surface area contributed by atoms with Gasteiger partial charge in [-0.1, -0.05) is 0 Å². The van der Waals surface area contributed by atoms with Gasteiger partial charge in [0.2, 0.25) is 0 Å². The third kappa shape index (κ3) is 4.41. The summed E-state index contributed by atoms with van der Waals surface area (Å²) in [6.07, 6.45) is -1.30. The molecule has 0 saturated carbocycles. The Bertz CT molecular complexity index is 1380. The van der Waals surface area contributed by atoms with E-state index in [0.29, 0.717) is 30.4 Å². The Morgan fingerprint density at radius 1 is 1.06 bits per heavy atom. The standard InChI is InChI=1S/C22H26B4F2N4O4/c1-11-8-17-29-14(19(27)28)10-18(33)32(17)30-20(11)31-6-4-12(5-7-31)34-13-2-3-15-16(9-13)36-22(25,26)21(23,24)35-15/h2-3,8-10,12,19H,4-7,23-26H2,1H3. The van der Waals surface area contributed by atoms with Gasteiger partial charge in [0, 0.05) is 38.1 Å². The third-order valence-electron chi connectivity index (χ3n) is 7.20. The van der Waals surface area contributed by atoms with Crippen LogP contribution in [0.3, 0.4) is 0 Å². The quantitative estimate of drug-likeness (QED) is 0.433. The number of nitrogens with zero attached hydrogens (tertiary/aromatic N) is 4. The predicted octanol–water partition coefficient (Wildman–Crippen LogP) is -1.01. The number of aryl methyl sites for hydroxylation is 1. The molecule has 0 aliphatic carbocycles. The van der Waals surface area contributed by atoms with E-state index in [0.717, 1.165) is 34.7 Å². The minimum Gasteiger partial charge on any atom is -0.499 e. The van der Waals surface area contributed by atoms with Crippen LogP contribution in [0.1, 0.15) is 30.5 Å². The molecule has 0 bridgehead atoms. The van der Waals surface area contributed by atoms with Crippen molar-refractivity contribution in [2.24, 2.45) is 0 Å². The zero-order valence-corrected chi connectivity index (χ0v) is 21.0. The van der Waals surface area contributed by atoms with E-state index in [1.165, 1.54) is 0 Å². The number of hydrogen-bond acceptors (Lipinski definition) is 7. The summed E-state index contributed by atoms with van der Waals surface area (Å²) in [6, 6.07) is 8.10. The first-order valence-electron chi connectivity index (χ1n) is 12.1. The van der Waals surface area contributed by atoms with Gasteiger partial charge < -0.3 is 19.1 Å². The second kappa shape index (κ2) is 8.74. The van der Waals surface area contributed by atoms with Crippen LogP contribution in [0.5, 0.6) is 17.2 Å². The fourth-order valence-electron chi connectivity index (χ4n) is 4.46. The van der Waals surface area contributed by atoms with Crippen molar-refractivity contribution in [2.45, 2.75) is 43.1 Å². The molecule has 0 N–H and O–H groups in total. The molecule has 4 heterocycles. The van der Waals surface area contributed by atoms with Crippen molar-refractivity contribution < 1.29 is 23.0 Å². The topological polar surface area (TPSA) is 78.2 Å². The van der Waals surface area contributed by atoms with Gasteiger partial charge in [-0.3, -0.25) is 4.79 Å². The number of rotatable bonds is 4. The lowest BCUT2D eigenvalue weighted by Gasteiger charge is -2.47. The predicted molar refractivity (Wildman–Crippen MR) is 142 cm³/mol. The summed E-state index contributed by atoms with van der Waals surface area (Å²) in [5, 5.41) is 3.48. The Hall–Kier alpha value is -3.17. The van der Waals surface area contributed by atoms with E-state index in [1.54, 1.807) is 6.07 Å². The van der Waals surface area contributed by atoms with Crippen LogP contribution in [-0.2, 0) is 0 Å². The van der Waals surface area contributed by atoms with Crippen LogP contribution >= 0.6 is 0 Å². The highest BCUT2D eigenvalue weighted by Gasteiger charge is 2.44. The van der Waals surface area contributed by atoms with E-state index in [1.807, 2.05) is 56.5 Å². The summed E-state index contributed by atoms with van der Waals surface area (Å²) in [5.74, 6) is 2.72. The highest BCUT2D eigenvalue weighted by molar-refractivity contribution is 6.53. The van der Waals surface area contributed by atoms with Gasteiger partial charge in [-0.25, -0.2) is 13.8 Å². The van der Waals surface area contributed by atoms with Crippen LogP contribution in [0.2, 0.25) is 0 Å². The van der Waals surface area contributed by atoms with Gasteiger partial charge in [-0.05, 0) is 30.7 Å². The lowest BCUT2D eigenvalue weighted by Crippen LogP contribution is -2.65. The molecule has 1 fully saturated rings. The molecule has 184 valence electrons. The Morgan fingerprint density at radius 3 is 2.39 bits per heavy atom. The Morgan fingerprint density at radius 2 is 1.72 bits per heavy atom. The lowest BCUT2D eigenvalue weighted by molar-refractivity contribution is 0.0609. The molecule has 0 spiro atoms. The van der Waals surface area contributed by atoms with Crippen LogP contribution in [0, 0.1) is 6.92 Å². The van der Waals surface area contributed by atoms with Crippen LogP contribution < -0.4 is 24.7 Å². The molecule has 0 radical (unpaired) electrons. The van der Waals surface area contributed by atoms with Crippen molar-refractivity contribution in [3.63, 3.8) is 0 Å². The zero-order valence-electron chi connectivity index (χ0n) is 21.0. The minimum absolute atomic E-state index is 0.00649. The first-order valence-corrected chi connectivity index (χ1v) is 12.1. The highest BCUT2D eigenvalue weighted by Crippen LogP contribution is 2.41. The summed E-state index contributed by atoms with van der Waals surface area (Å²) in [4.78, 5) is 18.3. The number of hydrogen-bond donors (Lipinski definition) is 0. The van der Waals surface area contributed by atoms with Crippen molar-refractivity contribution >= 4 is 42.9 Å². The number of ether oxygens (including phenoxy) is 3. The average molecular weight is 492 g/mol.